The summed E-state index contributed by atoms with van der Waals surface area (Å²) < 4.78 is 21.2. The Labute approximate surface area is 196 Å². The average molecular weight is 460 g/mol. The number of carbonyl (C=O) groups is 2. The number of anilines is 1. The first-order chi connectivity index (χ1) is 16.5. The second kappa shape index (κ2) is 9.58. The zero-order valence-corrected chi connectivity index (χ0v) is 19.2. The molecule has 4 aromatic rings. The van der Waals surface area contributed by atoms with E-state index in [0.29, 0.717) is 39.6 Å². The Kier molecular flexibility index (Phi) is 6.40. The molecule has 0 aliphatic heterocycles. The van der Waals surface area contributed by atoms with E-state index in [4.69, 9.17) is 18.9 Å². The lowest BCUT2D eigenvalue weighted by atomic mass is 10.1. The molecule has 2 N–H and O–H groups in total. The lowest BCUT2D eigenvalue weighted by Gasteiger charge is -2.14. The summed E-state index contributed by atoms with van der Waals surface area (Å²) in [6.07, 6.45) is 0. The van der Waals surface area contributed by atoms with Crippen molar-refractivity contribution in [2.24, 2.45) is 0 Å². The second-order valence-electron chi connectivity index (χ2n) is 7.35. The van der Waals surface area contributed by atoms with E-state index >= 15 is 0 Å². The largest absolute Gasteiger partial charge is 0.497 e. The summed E-state index contributed by atoms with van der Waals surface area (Å²) >= 11 is 0. The first kappa shape index (κ1) is 22.7. The van der Waals surface area contributed by atoms with Crippen molar-refractivity contribution in [3.63, 3.8) is 0 Å². The van der Waals surface area contributed by atoms with Gasteiger partial charge in [0, 0.05) is 22.0 Å². The third kappa shape index (κ3) is 4.13. The molecule has 0 saturated carbocycles. The van der Waals surface area contributed by atoms with Crippen molar-refractivity contribution in [3.8, 4) is 23.0 Å². The van der Waals surface area contributed by atoms with Gasteiger partial charge in [0.2, 0.25) is 11.5 Å². The van der Waals surface area contributed by atoms with Crippen LogP contribution in [0.4, 0.5) is 5.69 Å². The molecule has 1 heterocycles. The van der Waals surface area contributed by atoms with Crippen LogP contribution < -0.4 is 24.3 Å². The Hall–Kier alpha value is -4.46. The third-order valence-electron chi connectivity index (χ3n) is 5.45. The van der Waals surface area contributed by atoms with Gasteiger partial charge in [0.25, 0.3) is 5.91 Å². The average Bonchev–Trinajstić information content (AvgIpc) is 3.25. The van der Waals surface area contributed by atoms with E-state index in [2.05, 4.69) is 10.3 Å². The fourth-order valence-electron chi connectivity index (χ4n) is 3.73. The molecule has 0 fully saturated rings. The van der Waals surface area contributed by atoms with Gasteiger partial charge in [-0.2, -0.15) is 0 Å². The van der Waals surface area contributed by atoms with Crippen LogP contribution in [0.1, 0.15) is 26.4 Å². The molecule has 0 atom stereocenters. The summed E-state index contributed by atoms with van der Waals surface area (Å²) in [5.74, 6) is 1.01. The minimum atomic E-state index is -0.437. The van der Waals surface area contributed by atoms with Gasteiger partial charge in [0.05, 0.1) is 34.1 Å². The molecular formula is C26H24N2O6. The summed E-state index contributed by atoms with van der Waals surface area (Å²) in [6, 6.07) is 17.3. The number of aromatic amines is 1. The van der Waals surface area contributed by atoms with E-state index < -0.39 is 5.91 Å². The van der Waals surface area contributed by atoms with Crippen molar-refractivity contribution >= 4 is 28.3 Å². The first-order valence-electron chi connectivity index (χ1n) is 10.4. The molecule has 0 spiro atoms. The Morgan fingerprint density at radius 3 is 2.00 bits per heavy atom. The lowest BCUT2D eigenvalue weighted by Crippen LogP contribution is -2.15. The summed E-state index contributed by atoms with van der Waals surface area (Å²) in [5, 5.41) is 3.60. The maximum absolute atomic E-state index is 13.4. The van der Waals surface area contributed by atoms with Gasteiger partial charge in [-0.3, -0.25) is 9.59 Å². The predicted octanol–water partition coefficient (Wildman–Crippen LogP) is 4.69. The maximum atomic E-state index is 13.4. The van der Waals surface area contributed by atoms with Crippen LogP contribution in [0.5, 0.6) is 23.0 Å². The van der Waals surface area contributed by atoms with E-state index in [0.717, 1.165) is 5.52 Å². The highest BCUT2D eigenvalue weighted by Crippen LogP contribution is 2.39. The molecule has 0 saturated heterocycles. The number of para-hydroxylation sites is 1. The molecule has 8 nitrogen and oxygen atoms in total. The maximum Gasteiger partial charge on any atom is 0.256 e. The van der Waals surface area contributed by atoms with E-state index in [-0.39, 0.29) is 17.0 Å². The number of rotatable bonds is 8. The van der Waals surface area contributed by atoms with Crippen LogP contribution in [0.25, 0.3) is 10.9 Å². The normalized spacial score (nSPS) is 10.6. The fourth-order valence-corrected chi connectivity index (χ4v) is 3.73. The molecule has 174 valence electrons. The number of methoxy groups -OCH3 is 4. The van der Waals surface area contributed by atoms with E-state index in [1.807, 2.05) is 24.3 Å². The number of amides is 1. The number of benzene rings is 3. The minimum absolute atomic E-state index is 0.265. The van der Waals surface area contributed by atoms with Crippen molar-refractivity contribution in [2.45, 2.75) is 0 Å². The van der Waals surface area contributed by atoms with Gasteiger partial charge in [0.15, 0.2) is 11.5 Å². The van der Waals surface area contributed by atoms with Crippen LogP contribution in [0, 0.1) is 0 Å². The summed E-state index contributed by atoms with van der Waals surface area (Å²) in [4.78, 5) is 29.8. The molecule has 0 radical (unpaired) electrons. The van der Waals surface area contributed by atoms with Crippen molar-refractivity contribution in [3.05, 3.63) is 77.5 Å². The fraction of sp³-hybridized carbons (Fsp3) is 0.154. The van der Waals surface area contributed by atoms with Crippen LogP contribution in [0.2, 0.25) is 0 Å². The molecule has 0 aliphatic carbocycles. The van der Waals surface area contributed by atoms with E-state index in [1.165, 1.54) is 21.3 Å². The highest BCUT2D eigenvalue weighted by Gasteiger charge is 2.23. The Morgan fingerprint density at radius 1 is 0.765 bits per heavy atom. The molecule has 1 aromatic heterocycles. The molecule has 4 rings (SSSR count). The number of aromatic nitrogens is 1. The number of hydrogen-bond acceptors (Lipinski definition) is 6. The van der Waals surface area contributed by atoms with Crippen molar-refractivity contribution in [2.75, 3.05) is 33.8 Å². The molecule has 0 unspecified atom stereocenters. The summed E-state index contributed by atoms with van der Waals surface area (Å²) in [6.45, 7) is 0. The van der Waals surface area contributed by atoms with E-state index in [1.54, 1.807) is 43.5 Å². The van der Waals surface area contributed by atoms with Crippen molar-refractivity contribution in [1.82, 2.24) is 4.98 Å². The first-order valence-corrected chi connectivity index (χ1v) is 10.4. The zero-order chi connectivity index (χ0) is 24.2. The number of ether oxygens (including phenoxy) is 4. The van der Waals surface area contributed by atoms with Gasteiger partial charge >= 0.3 is 0 Å². The van der Waals surface area contributed by atoms with Gasteiger partial charge < -0.3 is 29.2 Å². The van der Waals surface area contributed by atoms with Crippen molar-refractivity contribution < 1.29 is 28.5 Å². The van der Waals surface area contributed by atoms with Crippen molar-refractivity contribution in [1.29, 1.82) is 0 Å². The highest BCUT2D eigenvalue weighted by atomic mass is 16.5. The third-order valence-corrected chi connectivity index (χ3v) is 5.45. The lowest BCUT2D eigenvalue weighted by molar-refractivity contribution is 0.102. The molecule has 1 amide bonds. The molecule has 0 bridgehead atoms. The van der Waals surface area contributed by atoms with Crippen LogP contribution in [-0.4, -0.2) is 45.1 Å². The number of carbonyl (C=O) groups excluding carboxylic acids is 2. The highest BCUT2D eigenvalue weighted by molar-refractivity contribution is 6.20. The van der Waals surface area contributed by atoms with Crippen LogP contribution >= 0.6 is 0 Å². The number of nitrogens with one attached hydrogen (secondary N) is 2. The second-order valence-corrected chi connectivity index (χ2v) is 7.35. The molecule has 8 heteroatoms. The van der Waals surface area contributed by atoms with Gasteiger partial charge in [-0.25, -0.2) is 0 Å². The van der Waals surface area contributed by atoms with Gasteiger partial charge in [0.1, 0.15) is 11.4 Å². The SMILES string of the molecule is COc1ccc(C(=O)c2[nH]c3ccccc3c2NC(=O)c2cc(OC)c(OC)c(OC)c2)cc1. The topological polar surface area (TPSA) is 98.9 Å². The van der Waals surface area contributed by atoms with Gasteiger partial charge in [-0.05, 0) is 42.5 Å². The van der Waals surface area contributed by atoms with E-state index in [9.17, 15) is 9.59 Å². The zero-order valence-electron chi connectivity index (χ0n) is 19.2. The number of hydrogen-bond donors (Lipinski definition) is 2. The predicted molar refractivity (Wildman–Crippen MR) is 129 cm³/mol. The standard InChI is InChI=1S/C26H24N2O6/c1-31-17-11-9-15(10-12-17)24(29)23-22(18-7-5-6-8-19(18)27-23)28-26(30)16-13-20(32-2)25(34-4)21(14-16)33-3/h5-14,27H,1-4H3,(H,28,30). The minimum Gasteiger partial charge on any atom is -0.497 e. The Morgan fingerprint density at radius 2 is 1.41 bits per heavy atom. The van der Waals surface area contributed by atoms with Crippen LogP contribution in [0.15, 0.2) is 60.7 Å². The number of ketones is 1. The monoisotopic (exact) mass is 460 g/mol. The summed E-state index contributed by atoms with van der Waals surface area (Å²) in [7, 11) is 6.00. The molecule has 34 heavy (non-hydrogen) atoms. The molecule has 3 aromatic carbocycles. The molecule has 0 aliphatic rings. The molecular weight excluding hydrogens is 436 g/mol. The van der Waals surface area contributed by atoms with Crippen LogP contribution in [0.3, 0.4) is 0 Å². The summed E-state index contributed by atoms with van der Waals surface area (Å²) in [5.41, 5.74) is 2.11. The Balaban J connectivity index is 1.76. The quantitative estimate of drug-likeness (QED) is 0.370. The Bertz CT molecular complexity index is 1330. The van der Waals surface area contributed by atoms with Crippen LogP contribution in [-0.2, 0) is 0 Å². The smallest absolute Gasteiger partial charge is 0.256 e. The van der Waals surface area contributed by atoms with Gasteiger partial charge in [-0.15, -0.1) is 0 Å². The number of fused-ring (bicyclic) bond motifs is 1. The van der Waals surface area contributed by atoms with Gasteiger partial charge in [-0.1, -0.05) is 18.2 Å². The number of H-pyrrole nitrogens is 1.